The molecule has 0 atom stereocenters. The molecule has 0 saturated heterocycles. The summed E-state index contributed by atoms with van der Waals surface area (Å²) in [6, 6.07) is 12.2. The number of benzene rings is 2. The van der Waals surface area contributed by atoms with Crippen LogP contribution in [0.5, 0.6) is 0 Å². The predicted molar refractivity (Wildman–Crippen MR) is 78.5 cm³/mol. The van der Waals surface area contributed by atoms with Crippen LogP contribution in [-0.4, -0.2) is 0 Å². The van der Waals surface area contributed by atoms with Crippen molar-refractivity contribution in [1.82, 2.24) is 0 Å². The summed E-state index contributed by atoms with van der Waals surface area (Å²) < 4.78 is 5.87. The molecular formula is C17H14O. The first-order valence-corrected chi connectivity index (χ1v) is 6.04. The van der Waals surface area contributed by atoms with Crippen LogP contribution in [0, 0.1) is 0 Å². The maximum Gasteiger partial charge on any atom is 0.136 e. The molecule has 0 aliphatic rings. The Bertz CT molecular complexity index is 760. The van der Waals surface area contributed by atoms with E-state index < -0.39 is 0 Å². The van der Waals surface area contributed by atoms with Gasteiger partial charge in [0, 0.05) is 10.8 Å². The fourth-order valence-corrected chi connectivity index (χ4v) is 2.38. The Morgan fingerprint density at radius 3 is 2.67 bits per heavy atom. The van der Waals surface area contributed by atoms with Crippen molar-refractivity contribution >= 4 is 34.1 Å². The fraction of sp³-hybridized carbons (Fsp3) is 0.0588. The number of fused-ring (bicyclic) bond motifs is 3. The zero-order valence-corrected chi connectivity index (χ0v) is 10.3. The summed E-state index contributed by atoms with van der Waals surface area (Å²) in [6.45, 7) is 5.90. The molecule has 18 heavy (non-hydrogen) atoms. The highest BCUT2D eigenvalue weighted by molar-refractivity contribution is 6.10. The van der Waals surface area contributed by atoms with Gasteiger partial charge in [-0.3, -0.25) is 0 Å². The SMILES string of the molecule is C=Cc1ccc2oc3ccccc3c2c1C=CC. The standard InChI is InChI=1S/C17H14O/c1-3-7-13-12(4-2)10-11-16-17(13)14-8-5-6-9-15(14)18-16/h3-11H,2H2,1H3. The molecule has 1 heterocycles. The number of hydrogen-bond donors (Lipinski definition) is 0. The van der Waals surface area contributed by atoms with Crippen LogP contribution in [0.15, 0.2) is 53.5 Å². The van der Waals surface area contributed by atoms with Crippen LogP contribution in [0.1, 0.15) is 18.1 Å². The summed E-state index contributed by atoms with van der Waals surface area (Å²) >= 11 is 0. The van der Waals surface area contributed by atoms with Gasteiger partial charge in [-0.05, 0) is 30.2 Å². The Kier molecular flexibility index (Phi) is 2.52. The van der Waals surface area contributed by atoms with Crippen molar-refractivity contribution in [2.45, 2.75) is 6.92 Å². The molecule has 3 aromatic rings. The second kappa shape index (κ2) is 4.19. The van der Waals surface area contributed by atoms with Gasteiger partial charge in [-0.1, -0.05) is 49.1 Å². The molecule has 3 rings (SSSR count). The molecule has 0 aliphatic heterocycles. The third-order valence-electron chi connectivity index (χ3n) is 3.17. The Morgan fingerprint density at radius 2 is 1.89 bits per heavy atom. The average molecular weight is 234 g/mol. The molecule has 2 aromatic carbocycles. The normalized spacial score (nSPS) is 11.6. The smallest absolute Gasteiger partial charge is 0.136 e. The molecule has 1 nitrogen and oxygen atoms in total. The van der Waals surface area contributed by atoms with Crippen molar-refractivity contribution in [3.63, 3.8) is 0 Å². The first-order valence-electron chi connectivity index (χ1n) is 6.04. The minimum Gasteiger partial charge on any atom is -0.456 e. The van der Waals surface area contributed by atoms with Gasteiger partial charge in [-0.25, -0.2) is 0 Å². The number of para-hydroxylation sites is 1. The Hall–Kier alpha value is -2.28. The molecule has 0 amide bonds. The van der Waals surface area contributed by atoms with E-state index in [0.717, 1.165) is 22.1 Å². The van der Waals surface area contributed by atoms with Crippen LogP contribution in [0.4, 0.5) is 0 Å². The van der Waals surface area contributed by atoms with Crippen molar-refractivity contribution in [3.8, 4) is 0 Å². The first-order chi connectivity index (χ1) is 8.85. The number of hydrogen-bond acceptors (Lipinski definition) is 1. The van der Waals surface area contributed by atoms with Crippen molar-refractivity contribution < 1.29 is 4.42 Å². The third kappa shape index (κ3) is 1.48. The summed E-state index contributed by atoms with van der Waals surface area (Å²) in [5.41, 5.74) is 4.16. The molecule has 0 radical (unpaired) electrons. The van der Waals surface area contributed by atoms with E-state index in [-0.39, 0.29) is 0 Å². The highest BCUT2D eigenvalue weighted by Crippen LogP contribution is 2.34. The lowest BCUT2D eigenvalue weighted by Crippen LogP contribution is -1.81. The maximum absolute atomic E-state index is 5.87. The maximum atomic E-state index is 5.87. The van der Waals surface area contributed by atoms with Gasteiger partial charge in [0.15, 0.2) is 0 Å². The molecule has 0 N–H and O–H groups in total. The summed E-state index contributed by atoms with van der Waals surface area (Å²) in [5, 5.41) is 2.32. The van der Waals surface area contributed by atoms with Crippen molar-refractivity contribution in [2.75, 3.05) is 0 Å². The first kappa shape index (κ1) is 10.8. The number of rotatable bonds is 2. The second-order valence-electron chi connectivity index (χ2n) is 4.24. The molecule has 0 bridgehead atoms. The Morgan fingerprint density at radius 1 is 1.06 bits per heavy atom. The van der Waals surface area contributed by atoms with E-state index in [1.54, 1.807) is 0 Å². The lowest BCUT2D eigenvalue weighted by molar-refractivity contribution is 0.669. The summed E-state index contributed by atoms with van der Waals surface area (Å²) in [7, 11) is 0. The highest BCUT2D eigenvalue weighted by atomic mass is 16.3. The van der Waals surface area contributed by atoms with Crippen LogP contribution in [0.25, 0.3) is 34.1 Å². The molecular weight excluding hydrogens is 220 g/mol. The van der Waals surface area contributed by atoms with Gasteiger partial charge < -0.3 is 4.42 Å². The van der Waals surface area contributed by atoms with E-state index >= 15 is 0 Å². The topological polar surface area (TPSA) is 13.1 Å². The molecule has 0 spiro atoms. The van der Waals surface area contributed by atoms with Crippen LogP contribution in [0.2, 0.25) is 0 Å². The van der Waals surface area contributed by atoms with E-state index in [1.165, 1.54) is 10.9 Å². The zero-order chi connectivity index (χ0) is 12.5. The van der Waals surface area contributed by atoms with Gasteiger partial charge in [0.2, 0.25) is 0 Å². The molecule has 1 heteroatoms. The minimum absolute atomic E-state index is 0.926. The summed E-state index contributed by atoms with van der Waals surface area (Å²) in [6.07, 6.45) is 6.04. The van der Waals surface area contributed by atoms with Crippen LogP contribution in [-0.2, 0) is 0 Å². The molecule has 0 unspecified atom stereocenters. The van der Waals surface area contributed by atoms with Gasteiger partial charge in [0.05, 0.1) is 0 Å². The monoisotopic (exact) mass is 234 g/mol. The van der Waals surface area contributed by atoms with Gasteiger partial charge in [-0.2, -0.15) is 0 Å². The Labute approximate surface area is 106 Å². The minimum atomic E-state index is 0.926. The molecule has 0 aliphatic carbocycles. The lowest BCUT2D eigenvalue weighted by Gasteiger charge is -2.02. The highest BCUT2D eigenvalue weighted by Gasteiger charge is 2.11. The molecule has 1 aromatic heterocycles. The van der Waals surface area contributed by atoms with Crippen LogP contribution >= 0.6 is 0 Å². The molecule has 0 fully saturated rings. The quantitative estimate of drug-likeness (QED) is 0.589. The largest absolute Gasteiger partial charge is 0.456 e. The number of furan rings is 1. The van der Waals surface area contributed by atoms with Gasteiger partial charge in [0.1, 0.15) is 11.2 Å². The average Bonchev–Trinajstić information content (AvgIpc) is 2.78. The second-order valence-corrected chi connectivity index (χ2v) is 4.24. The van der Waals surface area contributed by atoms with E-state index in [9.17, 15) is 0 Å². The van der Waals surface area contributed by atoms with Crippen molar-refractivity contribution in [1.29, 1.82) is 0 Å². The summed E-state index contributed by atoms with van der Waals surface area (Å²) in [4.78, 5) is 0. The van der Waals surface area contributed by atoms with E-state index in [2.05, 4.69) is 18.7 Å². The summed E-state index contributed by atoms with van der Waals surface area (Å²) in [5.74, 6) is 0. The molecule has 0 saturated carbocycles. The van der Waals surface area contributed by atoms with Gasteiger partial charge >= 0.3 is 0 Å². The zero-order valence-electron chi connectivity index (χ0n) is 10.3. The van der Waals surface area contributed by atoms with Crippen LogP contribution in [0.3, 0.4) is 0 Å². The van der Waals surface area contributed by atoms with E-state index in [4.69, 9.17) is 4.42 Å². The Balaban J connectivity index is 2.55. The van der Waals surface area contributed by atoms with Gasteiger partial charge in [-0.15, -0.1) is 0 Å². The van der Waals surface area contributed by atoms with Crippen molar-refractivity contribution in [3.05, 3.63) is 60.2 Å². The predicted octanol–water partition coefficient (Wildman–Crippen LogP) is 5.26. The number of allylic oxidation sites excluding steroid dienone is 1. The van der Waals surface area contributed by atoms with E-state index in [0.29, 0.717) is 0 Å². The third-order valence-corrected chi connectivity index (χ3v) is 3.17. The fourth-order valence-electron chi connectivity index (χ4n) is 2.38. The van der Waals surface area contributed by atoms with Crippen molar-refractivity contribution in [2.24, 2.45) is 0 Å². The van der Waals surface area contributed by atoms with Crippen LogP contribution < -0.4 is 0 Å². The van der Waals surface area contributed by atoms with E-state index in [1.807, 2.05) is 49.4 Å². The molecule has 88 valence electrons. The van der Waals surface area contributed by atoms with Gasteiger partial charge in [0.25, 0.3) is 0 Å². The lowest BCUT2D eigenvalue weighted by atomic mass is 10.00.